The molecule has 0 saturated heterocycles. The Hall–Kier alpha value is -3.22. The van der Waals surface area contributed by atoms with Crippen LogP contribution in [0.4, 0.5) is 0 Å². The van der Waals surface area contributed by atoms with Gasteiger partial charge in [0.2, 0.25) is 11.8 Å². The summed E-state index contributed by atoms with van der Waals surface area (Å²) in [5.74, 6) is 1.80. The highest BCUT2D eigenvalue weighted by Crippen LogP contribution is 2.28. The molecular weight excluding hydrogens is 432 g/mol. The minimum Gasteiger partial charge on any atom is -0.497 e. The van der Waals surface area contributed by atoms with Crippen molar-refractivity contribution >= 4 is 11.8 Å². The van der Waals surface area contributed by atoms with Gasteiger partial charge in [0.1, 0.15) is 11.8 Å². The number of rotatable bonds is 14. The lowest BCUT2D eigenvalue weighted by atomic mass is 10.1. The van der Waals surface area contributed by atoms with Crippen LogP contribution in [0.15, 0.2) is 42.5 Å². The van der Waals surface area contributed by atoms with Crippen LogP contribution in [0.2, 0.25) is 0 Å². The maximum Gasteiger partial charge on any atom is 0.242 e. The van der Waals surface area contributed by atoms with Gasteiger partial charge in [-0.2, -0.15) is 0 Å². The number of ether oxygens (including phenoxy) is 3. The number of benzene rings is 2. The third kappa shape index (κ3) is 7.68. The zero-order valence-electron chi connectivity index (χ0n) is 21.1. The van der Waals surface area contributed by atoms with Gasteiger partial charge >= 0.3 is 0 Å². The monoisotopic (exact) mass is 470 g/mol. The first-order valence-corrected chi connectivity index (χ1v) is 11.9. The molecule has 0 bridgehead atoms. The molecule has 2 rings (SSSR count). The molecule has 0 heterocycles. The molecule has 0 aliphatic rings. The summed E-state index contributed by atoms with van der Waals surface area (Å²) < 4.78 is 16.0. The quantitative estimate of drug-likeness (QED) is 0.415. The van der Waals surface area contributed by atoms with Gasteiger partial charge in [-0.25, -0.2) is 0 Å². The summed E-state index contributed by atoms with van der Waals surface area (Å²) in [4.78, 5) is 28.1. The molecule has 0 aliphatic carbocycles. The standard InChI is InChI=1S/C27H38N2O5/c1-6-8-16-28-27(31)23(7-2)29(19-21-10-9-11-22(17-21)32-3)26(30)15-13-20-12-14-24(33-4)25(18-20)34-5/h9-12,14,17-18,23H,6-8,13,15-16,19H2,1-5H3,(H,28,31)/t23-/m1/s1. The maximum atomic E-state index is 13.4. The summed E-state index contributed by atoms with van der Waals surface area (Å²) in [7, 11) is 4.79. The van der Waals surface area contributed by atoms with Crippen molar-refractivity contribution in [2.75, 3.05) is 27.9 Å². The second-order valence-corrected chi connectivity index (χ2v) is 8.13. The van der Waals surface area contributed by atoms with E-state index in [-0.39, 0.29) is 18.2 Å². The van der Waals surface area contributed by atoms with Gasteiger partial charge in [-0.3, -0.25) is 9.59 Å². The minimum atomic E-state index is -0.541. The average molecular weight is 471 g/mol. The molecule has 0 saturated carbocycles. The van der Waals surface area contributed by atoms with Crippen molar-refractivity contribution in [1.29, 1.82) is 0 Å². The number of aryl methyl sites for hydroxylation is 1. The molecule has 0 fully saturated rings. The van der Waals surface area contributed by atoms with Crippen LogP contribution in [-0.2, 0) is 22.6 Å². The molecule has 2 aromatic carbocycles. The van der Waals surface area contributed by atoms with Gasteiger partial charge in [0.25, 0.3) is 0 Å². The van der Waals surface area contributed by atoms with Crippen molar-refractivity contribution in [3.63, 3.8) is 0 Å². The average Bonchev–Trinajstić information content (AvgIpc) is 2.87. The Balaban J connectivity index is 2.22. The fraction of sp³-hybridized carbons (Fsp3) is 0.481. The van der Waals surface area contributed by atoms with Crippen LogP contribution in [0.5, 0.6) is 17.2 Å². The van der Waals surface area contributed by atoms with E-state index >= 15 is 0 Å². The highest BCUT2D eigenvalue weighted by molar-refractivity contribution is 5.87. The molecule has 34 heavy (non-hydrogen) atoms. The van der Waals surface area contributed by atoms with E-state index in [4.69, 9.17) is 14.2 Å². The molecule has 0 unspecified atom stereocenters. The Bertz CT molecular complexity index is 931. The molecule has 186 valence electrons. The molecule has 1 N–H and O–H groups in total. The third-order valence-electron chi connectivity index (χ3n) is 5.78. The molecule has 7 heteroatoms. The molecule has 7 nitrogen and oxygen atoms in total. The number of nitrogens with zero attached hydrogens (tertiary/aromatic N) is 1. The van der Waals surface area contributed by atoms with E-state index < -0.39 is 6.04 Å². The van der Waals surface area contributed by atoms with Crippen LogP contribution >= 0.6 is 0 Å². The number of amides is 2. The SMILES string of the molecule is CCCCNC(=O)[C@@H](CC)N(Cc1cccc(OC)c1)C(=O)CCc1ccc(OC)c(OC)c1. The number of carbonyl (C=O) groups is 2. The number of methoxy groups -OCH3 is 3. The van der Waals surface area contributed by atoms with Crippen molar-refractivity contribution in [3.8, 4) is 17.2 Å². The smallest absolute Gasteiger partial charge is 0.242 e. The normalized spacial score (nSPS) is 11.4. The predicted octanol–water partition coefficient (Wildman–Crippen LogP) is 4.37. The van der Waals surface area contributed by atoms with Gasteiger partial charge in [-0.15, -0.1) is 0 Å². The molecule has 0 spiro atoms. The van der Waals surface area contributed by atoms with E-state index in [2.05, 4.69) is 12.2 Å². The van der Waals surface area contributed by atoms with Crippen LogP contribution in [0, 0.1) is 0 Å². The largest absolute Gasteiger partial charge is 0.497 e. The van der Waals surface area contributed by atoms with E-state index in [1.807, 2.05) is 49.4 Å². The second-order valence-electron chi connectivity index (χ2n) is 8.13. The second kappa shape index (κ2) is 14.1. The van der Waals surface area contributed by atoms with Crippen LogP contribution in [0.1, 0.15) is 50.7 Å². The van der Waals surface area contributed by atoms with Gasteiger partial charge in [0, 0.05) is 19.5 Å². The highest BCUT2D eigenvalue weighted by Gasteiger charge is 2.28. The summed E-state index contributed by atoms with van der Waals surface area (Å²) in [6.07, 6.45) is 3.24. The Labute approximate surface area is 203 Å². The van der Waals surface area contributed by atoms with Crippen molar-refractivity contribution in [3.05, 3.63) is 53.6 Å². The van der Waals surface area contributed by atoms with Gasteiger partial charge < -0.3 is 24.4 Å². The Kier molecular flexibility index (Phi) is 11.2. The number of nitrogens with one attached hydrogen (secondary N) is 1. The Morgan fingerprint density at radius 3 is 2.35 bits per heavy atom. The van der Waals surface area contributed by atoms with Crippen LogP contribution in [0.25, 0.3) is 0 Å². The summed E-state index contributed by atoms with van der Waals surface area (Å²) in [6.45, 7) is 4.96. The highest BCUT2D eigenvalue weighted by atomic mass is 16.5. The topological polar surface area (TPSA) is 77.1 Å². The van der Waals surface area contributed by atoms with Crippen LogP contribution in [0.3, 0.4) is 0 Å². The van der Waals surface area contributed by atoms with Crippen molar-refractivity contribution < 1.29 is 23.8 Å². The van der Waals surface area contributed by atoms with Crippen molar-refractivity contribution in [1.82, 2.24) is 10.2 Å². The molecule has 2 aromatic rings. The zero-order valence-corrected chi connectivity index (χ0v) is 21.1. The maximum absolute atomic E-state index is 13.4. The summed E-state index contributed by atoms with van der Waals surface area (Å²) in [6, 6.07) is 12.7. The number of hydrogen-bond acceptors (Lipinski definition) is 5. The number of carbonyl (C=O) groups excluding carboxylic acids is 2. The van der Waals surface area contributed by atoms with E-state index in [0.29, 0.717) is 37.4 Å². The molecular formula is C27H38N2O5. The van der Waals surface area contributed by atoms with Crippen molar-refractivity contribution in [2.24, 2.45) is 0 Å². The molecule has 0 radical (unpaired) electrons. The fourth-order valence-corrected chi connectivity index (χ4v) is 3.82. The van der Waals surface area contributed by atoms with E-state index in [1.165, 1.54) is 0 Å². The van der Waals surface area contributed by atoms with Gasteiger partial charge in [-0.1, -0.05) is 38.5 Å². The lowest BCUT2D eigenvalue weighted by molar-refractivity contribution is -0.141. The van der Waals surface area contributed by atoms with E-state index in [0.717, 1.165) is 29.7 Å². The van der Waals surface area contributed by atoms with E-state index in [1.54, 1.807) is 26.2 Å². The molecule has 2 amide bonds. The van der Waals surface area contributed by atoms with Gasteiger partial charge in [-0.05, 0) is 54.7 Å². The predicted molar refractivity (Wildman–Crippen MR) is 133 cm³/mol. The first-order valence-electron chi connectivity index (χ1n) is 11.9. The van der Waals surface area contributed by atoms with Gasteiger partial charge in [0.15, 0.2) is 11.5 Å². The lowest BCUT2D eigenvalue weighted by Crippen LogP contribution is -2.49. The third-order valence-corrected chi connectivity index (χ3v) is 5.78. The number of hydrogen-bond donors (Lipinski definition) is 1. The summed E-state index contributed by atoms with van der Waals surface area (Å²) in [5, 5.41) is 2.99. The Morgan fingerprint density at radius 2 is 1.71 bits per heavy atom. The zero-order chi connectivity index (χ0) is 24.9. The fourth-order valence-electron chi connectivity index (χ4n) is 3.82. The van der Waals surface area contributed by atoms with E-state index in [9.17, 15) is 9.59 Å². The first kappa shape index (κ1) is 27.0. The first-order chi connectivity index (χ1) is 16.5. The minimum absolute atomic E-state index is 0.0740. The summed E-state index contributed by atoms with van der Waals surface area (Å²) in [5.41, 5.74) is 1.88. The lowest BCUT2D eigenvalue weighted by Gasteiger charge is -2.31. The van der Waals surface area contributed by atoms with Gasteiger partial charge in [0.05, 0.1) is 21.3 Å². The number of unbranched alkanes of at least 4 members (excludes halogenated alkanes) is 1. The van der Waals surface area contributed by atoms with Crippen LogP contribution in [-0.4, -0.2) is 50.6 Å². The molecule has 0 aromatic heterocycles. The van der Waals surface area contributed by atoms with Crippen molar-refractivity contribution in [2.45, 2.75) is 58.5 Å². The molecule has 1 atom stereocenters. The Morgan fingerprint density at radius 1 is 0.941 bits per heavy atom. The van der Waals surface area contributed by atoms with Crippen LogP contribution < -0.4 is 19.5 Å². The summed E-state index contributed by atoms with van der Waals surface area (Å²) >= 11 is 0. The molecule has 0 aliphatic heterocycles.